The lowest BCUT2D eigenvalue weighted by atomic mass is 10.1. The molecule has 0 aliphatic heterocycles. The van der Waals surface area contributed by atoms with Crippen molar-refractivity contribution in [2.45, 2.75) is 19.8 Å². The van der Waals surface area contributed by atoms with Gasteiger partial charge in [0, 0.05) is 6.42 Å². The zero-order chi connectivity index (χ0) is 12.4. The molecule has 1 aromatic heterocycles. The molecule has 1 heterocycles. The van der Waals surface area contributed by atoms with E-state index in [9.17, 15) is 0 Å². The Kier molecular flexibility index (Phi) is 2.85. The van der Waals surface area contributed by atoms with Gasteiger partial charge in [0.15, 0.2) is 0 Å². The summed E-state index contributed by atoms with van der Waals surface area (Å²) >= 11 is 0. The van der Waals surface area contributed by atoms with Gasteiger partial charge in [-0.2, -0.15) is 0 Å². The van der Waals surface area contributed by atoms with Crippen molar-refractivity contribution in [3.05, 3.63) is 65.5 Å². The number of nitrogens with zero attached hydrogens (tertiary/aromatic N) is 1. The molecule has 2 aromatic carbocycles. The van der Waals surface area contributed by atoms with Crippen molar-refractivity contribution in [1.29, 1.82) is 0 Å². The van der Waals surface area contributed by atoms with Gasteiger partial charge in [-0.3, -0.25) is 0 Å². The van der Waals surface area contributed by atoms with Gasteiger partial charge in [-0.25, -0.2) is 4.98 Å². The summed E-state index contributed by atoms with van der Waals surface area (Å²) in [6.07, 6.45) is 1.99. The third-order valence-electron chi connectivity index (χ3n) is 3.17. The molecular weight excluding hydrogens is 220 g/mol. The van der Waals surface area contributed by atoms with Gasteiger partial charge in [0.1, 0.15) is 5.82 Å². The van der Waals surface area contributed by atoms with Crippen molar-refractivity contribution in [3.63, 3.8) is 0 Å². The van der Waals surface area contributed by atoms with Crippen LogP contribution in [0.5, 0.6) is 0 Å². The SMILES string of the molecule is Cc1cccc(CCc2nc3ccccc3[nH]2)c1. The third-order valence-corrected chi connectivity index (χ3v) is 3.17. The summed E-state index contributed by atoms with van der Waals surface area (Å²) < 4.78 is 0. The van der Waals surface area contributed by atoms with Crippen LogP contribution in [0.1, 0.15) is 17.0 Å². The summed E-state index contributed by atoms with van der Waals surface area (Å²) in [5, 5.41) is 0. The minimum Gasteiger partial charge on any atom is -0.342 e. The highest BCUT2D eigenvalue weighted by atomic mass is 14.9. The normalized spacial score (nSPS) is 10.9. The first-order chi connectivity index (χ1) is 8.81. The lowest BCUT2D eigenvalue weighted by molar-refractivity contribution is 0.889. The number of benzene rings is 2. The second-order valence-electron chi connectivity index (χ2n) is 4.69. The van der Waals surface area contributed by atoms with Gasteiger partial charge in [-0.1, -0.05) is 42.0 Å². The average molecular weight is 236 g/mol. The Bertz CT molecular complexity index is 634. The van der Waals surface area contributed by atoms with Crippen molar-refractivity contribution in [2.75, 3.05) is 0 Å². The molecule has 3 aromatic rings. The summed E-state index contributed by atoms with van der Waals surface area (Å²) in [6, 6.07) is 16.8. The van der Waals surface area contributed by atoms with E-state index in [1.54, 1.807) is 0 Å². The van der Waals surface area contributed by atoms with Gasteiger partial charge in [0.2, 0.25) is 0 Å². The minimum atomic E-state index is 0.956. The largest absolute Gasteiger partial charge is 0.342 e. The fourth-order valence-corrected chi connectivity index (χ4v) is 2.25. The Balaban J connectivity index is 1.76. The third kappa shape index (κ3) is 2.28. The lowest BCUT2D eigenvalue weighted by Gasteiger charge is -2.00. The molecule has 0 fully saturated rings. The van der Waals surface area contributed by atoms with Crippen molar-refractivity contribution in [2.24, 2.45) is 0 Å². The van der Waals surface area contributed by atoms with Gasteiger partial charge in [-0.15, -0.1) is 0 Å². The monoisotopic (exact) mass is 236 g/mol. The number of para-hydroxylation sites is 2. The molecule has 0 saturated carbocycles. The molecule has 0 aliphatic rings. The number of imidazole rings is 1. The van der Waals surface area contributed by atoms with Crippen LogP contribution in [0.4, 0.5) is 0 Å². The predicted molar refractivity (Wildman–Crippen MR) is 74.7 cm³/mol. The molecule has 18 heavy (non-hydrogen) atoms. The standard InChI is InChI=1S/C16H16N2/c1-12-5-4-6-13(11-12)9-10-16-17-14-7-2-3-8-15(14)18-16/h2-8,11H,9-10H2,1H3,(H,17,18). The van der Waals surface area contributed by atoms with E-state index in [2.05, 4.69) is 47.2 Å². The molecule has 1 N–H and O–H groups in total. The first-order valence-corrected chi connectivity index (χ1v) is 6.30. The molecule has 3 rings (SSSR count). The van der Waals surface area contributed by atoms with Crippen LogP contribution in [0, 0.1) is 6.92 Å². The Morgan fingerprint density at radius 2 is 1.89 bits per heavy atom. The van der Waals surface area contributed by atoms with Gasteiger partial charge >= 0.3 is 0 Å². The van der Waals surface area contributed by atoms with Crippen LogP contribution in [-0.2, 0) is 12.8 Å². The smallest absolute Gasteiger partial charge is 0.107 e. The molecule has 2 heteroatoms. The maximum absolute atomic E-state index is 4.59. The van der Waals surface area contributed by atoms with E-state index >= 15 is 0 Å². The molecular formula is C16H16N2. The van der Waals surface area contributed by atoms with Gasteiger partial charge in [-0.05, 0) is 31.0 Å². The maximum atomic E-state index is 4.59. The summed E-state index contributed by atoms with van der Waals surface area (Å²) in [5.41, 5.74) is 4.86. The summed E-state index contributed by atoms with van der Waals surface area (Å²) in [7, 11) is 0. The lowest BCUT2D eigenvalue weighted by Crippen LogP contribution is -1.93. The van der Waals surface area contributed by atoms with Crippen molar-refractivity contribution in [1.82, 2.24) is 9.97 Å². The van der Waals surface area contributed by atoms with Crippen LogP contribution >= 0.6 is 0 Å². The molecule has 0 unspecified atom stereocenters. The highest BCUT2D eigenvalue weighted by molar-refractivity contribution is 5.74. The molecule has 0 aliphatic carbocycles. The maximum Gasteiger partial charge on any atom is 0.107 e. The molecule has 0 bridgehead atoms. The van der Waals surface area contributed by atoms with Gasteiger partial charge in [0.25, 0.3) is 0 Å². The summed E-state index contributed by atoms with van der Waals surface area (Å²) in [6.45, 7) is 2.13. The predicted octanol–water partition coefficient (Wildman–Crippen LogP) is 3.66. The Hall–Kier alpha value is -2.09. The van der Waals surface area contributed by atoms with Crippen LogP contribution in [0.15, 0.2) is 48.5 Å². The van der Waals surface area contributed by atoms with E-state index in [1.165, 1.54) is 11.1 Å². The topological polar surface area (TPSA) is 28.7 Å². The van der Waals surface area contributed by atoms with E-state index in [4.69, 9.17) is 0 Å². The molecule has 0 radical (unpaired) electrons. The number of aromatic amines is 1. The van der Waals surface area contributed by atoms with Crippen LogP contribution in [0.25, 0.3) is 11.0 Å². The van der Waals surface area contributed by atoms with Crippen molar-refractivity contribution in [3.8, 4) is 0 Å². The molecule has 0 atom stereocenters. The quantitative estimate of drug-likeness (QED) is 0.738. The number of hydrogen-bond acceptors (Lipinski definition) is 1. The molecule has 90 valence electrons. The van der Waals surface area contributed by atoms with E-state index in [0.717, 1.165) is 29.7 Å². The fraction of sp³-hybridized carbons (Fsp3) is 0.188. The van der Waals surface area contributed by atoms with E-state index in [-0.39, 0.29) is 0 Å². The zero-order valence-electron chi connectivity index (χ0n) is 10.5. The second kappa shape index (κ2) is 4.65. The van der Waals surface area contributed by atoms with Crippen molar-refractivity contribution < 1.29 is 0 Å². The van der Waals surface area contributed by atoms with E-state index in [1.807, 2.05) is 18.2 Å². The Labute approximate surface area is 107 Å². The first-order valence-electron chi connectivity index (χ1n) is 6.30. The number of hydrogen-bond donors (Lipinski definition) is 1. The fourth-order valence-electron chi connectivity index (χ4n) is 2.25. The highest BCUT2D eigenvalue weighted by Crippen LogP contribution is 2.12. The first kappa shape index (κ1) is 11.0. The molecule has 0 amide bonds. The van der Waals surface area contributed by atoms with Gasteiger partial charge < -0.3 is 4.98 Å². The van der Waals surface area contributed by atoms with E-state index < -0.39 is 0 Å². The van der Waals surface area contributed by atoms with E-state index in [0.29, 0.717) is 0 Å². The zero-order valence-corrected chi connectivity index (χ0v) is 10.5. The highest BCUT2D eigenvalue weighted by Gasteiger charge is 2.02. The average Bonchev–Trinajstić information content (AvgIpc) is 2.79. The molecule has 2 nitrogen and oxygen atoms in total. The minimum absolute atomic E-state index is 0.956. The van der Waals surface area contributed by atoms with Crippen LogP contribution in [-0.4, -0.2) is 9.97 Å². The second-order valence-corrected chi connectivity index (χ2v) is 4.69. The molecule has 0 spiro atoms. The number of H-pyrrole nitrogens is 1. The number of aromatic nitrogens is 2. The summed E-state index contributed by atoms with van der Waals surface area (Å²) in [5.74, 6) is 1.07. The summed E-state index contributed by atoms with van der Waals surface area (Å²) in [4.78, 5) is 7.96. The van der Waals surface area contributed by atoms with Crippen molar-refractivity contribution >= 4 is 11.0 Å². The Morgan fingerprint density at radius 3 is 2.72 bits per heavy atom. The van der Waals surface area contributed by atoms with Gasteiger partial charge in [0.05, 0.1) is 11.0 Å². The van der Waals surface area contributed by atoms with Crippen LogP contribution < -0.4 is 0 Å². The number of aryl methyl sites for hydroxylation is 3. The number of fused-ring (bicyclic) bond motifs is 1. The van der Waals surface area contributed by atoms with Crippen LogP contribution in [0.3, 0.4) is 0 Å². The Morgan fingerprint density at radius 1 is 1.00 bits per heavy atom. The number of rotatable bonds is 3. The molecule has 0 saturated heterocycles. The number of nitrogens with one attached hydrogen (secondary N) is 1. The van der Waals surface area contributed by atoms with Crippen LogP contribution in [0.2, 0.25) is 0 Å².